The molecular weight excluding hydrogens is 236 g/mol. The van der Waals surface area contributed by atoms with Gasteiger partial charge in [-0.15, -0.1) is 0 Å². The predicted molar refractivity (Wildman–Crippen MR) is 66.8 cm³/mol. The van der Waals surface area contributed by atoms with Crippen LogP contribution in [0.3, 0.4) is 0 Å². The van der Waals surface area contributed by atoms with Gasteiger partial charge in [0.2, 0.25) is 0 Å². The maximum absolute atomic E-state index is 12.6. The van der Waals surface area contributed by atoms with Gasteiger partial charge in [-0.2, -0.15) is 0 Å². The number of ether oxygens (including phenoxy) is 1. The summed E-state index contributed by atoms with van der Waals surface area (Å²) in [5.74, 6) is 0.0761. The molecule has 4 heteroatoms. The molecule has 0 aliphatic carbocycles. The maximum Gasteiger partial charge on any atom is 0.123 e. The Kier molecular flexibility index (Phi) is 4.12. The molecule has 0 fully saturated rings. The minimum atomic E-state index is -0.285. The van der Waals surface area contributed by atoms with Crippen molar-refractivity contribution in [1.29, 1.82) is 0 Å². The Morgan fingerprint density at radius 1 is 0.833 bits per heavy atom. The van der Waals surface area contributed by atoms with Crippen LogP contribution in [0, 0.1) is 11.6 Å². The second-order valence-electron chi connectivity index (χ2n) is 3.74. The number of halogens is 2. The van der Waals surface area contributed by atoms with Gasteiger partial charge in [-0.3, -0.25) is 0 Å². The minimum absolute atomic E-state index is 0.261. The number of hydrogen-bond acceptors (Lipinski definition) is 2. The van der Waals surface area contributed by atoms with Crippen LogP contribution in [-0.4, -0.2) is 13.2 Å². The molecule has 2 aromatic rings. The molecule has 0 aromatic heterocycles. The van der Waals surface area contributed by atoms with Crippen LogP contribution in [0.25, 0.3) is 0 Å². The van der Waals surface area contributed by atoms with Gasteiger partial charge < -0.3 is 10.1 Å². The molecule has 0 amide bonds. The first-order valence-corrected chi connectivity index (χ1v) is 5.62. The zero-order valence-electron chi connectivity index (χ0n) is 9.70. The van der Waals surface area contributed by atoms with Gasteiger partial charge in [-0.25, -0.2) is 8.78 Å². The molecule has 0 aliphatic heterocycles. The lowest BCUT2D eigenvalue weighted by molar-refractivity contribution is 0.332. The molecule has 1 N–H and O–H groups in total. The largest absolute Gasteiger partial charge is 0.492 e. The van der Waals surface area contributed by atoms with Crippen LogP contribution in [0.4, 0.5) is 14.5 Å². The fourth-order valence-electron chi connectivity index (χ4n) is 1.46. The van der Waals surface area contributed by atoms with Gasteiger partial charge in [0, 0.05) is 12.2 Å². The summed E-state index contributed by atoms with van der Waals surface area (Å²) in [5.41, 5.74) is 0.833. The van der Waals surface area contributed by atoms with Gasteiger partial charge in [0.15, 0.2) is 0 Å². The lowest BCUT2D eigenvalue weighted by atomic mass is 10.3. The van der Waals surface area contributed by atoms with Crippen LogP contribution in [0.2, 0.25) is 0 Å². The summed E-state index contributed by atoms with van der Waals surface area (Å²) in [6.45, 7) is 1.03. The van der Waals surface area contributed by atoms with Crippen molar-refractivity contribution in [3.05, 3.63) is 60.2 Å². The molecule has 94 valence electrons. The van der Waals surface area contributed by atoms with E-state index in [1.54, 1.807) is 24.3 Å². The van der Waals surface area contributed by atoms with Gasteiger partial charge in [0.25, 0.3) is 0 Å². The van der Waals surface area contributed by atoms with Gasteiger partial charge >= 0.3 is 0 Å². The normalized spacial score (nSPS) is 10.1. The monoisotopic (exact) mass is 249 g/mol. The summed E-state index contributed by atoms with van der Waals surface area (Å²) in [5, 5.41) is 3.09. The van der Waals surface area contributed by atoms with Crippen LogP contribution < -0.4 is 10.1 Å². The Bertz CT molecular complexity index is 435. The van der Waals surface area contributed by atoms with Gasteiger partial charge in [0.05, 0.1) is 0 Å². The Balaban J connectivity index is 1.73. The summed E-state index contributed by atoms with van der Waals surface area (Å²) in [6.07, 6.45) is 0. The predicted octanol–water partition coefficient (Wildman–Crippen LogP) is 3.46. The molecule has 0 atom stereocenters. The molecule has 2 aromatic carbocycles. The van der Waals surface area contributed by atoms with Crippen molar-refractivity contribution in [2.75, 3.05) is 18.5 Å². The zero-order valence-corrected chi connectivity index (χ0v) is 9.70. The minimum Gasteiger partial charge on any atom is -0.492 e. The number of rotatable bonds is 5. The first-order chi connectivity index (χ1) is 8.74. The van der Waals surface area contributed by atoms with E-state index in [4.69, 9.17) is 4.74 Å². The third kappa shape index (κ3) is 3.73. The van der Waals surface area contributed by atoms with Crippen LogP contribution in [0.5, 0.6) is 5.75 Å². The Labute approximate surface area is 104 Å². The van der Waals surface area contributed by atoms with Crippen LogP contribution >= 0.6 is 0 Å². The standard InChI is InChI=1S/C14H13F2NO/c15-11-1-5-13(6-2-11)17-9-10-18-14-7-3-12(16)4-8-14/h1-8,17H,9-10H2. The van der Waals surface area contributed by atoms with Crippen molar-refractivity contribution < 1.29 is 13.5 Å². The Hall–Kier alpha value is -2.10. The van der Waals surface area contributed by atoms with Crippen molar-refractivity contribution >= 4 is 5.69 Å². The lowest BCUT2D eigenvalue weighted by Gasteiger charge is -2.08. The molecule has 0 aliphatic rings. The molecule has 0 saturated heterocycles. The molecule has 0 spiro atoms. The molecular formula is C14H13F2NO. The first-order valence-electron chi connectivity index (χ1n) is 5.62. The van der Waals surface area contributed by atoms with E-state index in [0.29, 0.717) is 18.9 Å². The Morgan fingerprint density at radius 3 is 2.00 bits per heavy atom. The average molecular weight is 249 g/mol. The zero-order chi connectivity index (χ0) is 12.8. The molecule has 2 nitrogen and oxygen atoms in total. The van der Waals surface area contributed by atoms with Crippen molar-refractivity contribution in [3.8, 4) is 5.75 Å². The highest BCUT2D eigenvalue weighted by Crippen LogP contribution is 2.11. The quantitative estimate of drug-likeness (QED) is 0.819. The molecule has 2 rings (SSSR count). The SMILES string of the molecule is Fc1ccc(NCCOc2ccc(F)cc2)cc1. The number of hydrogen-bond donors (Lipinski definition) is 1. The van der Waals surface area contributed by atoms with Crippen molar-refractivity contribution in [2.24, 2.45) is 0 Å². The maximum atomic E-state index is 12.6. The lowest BCUT2D eigenvalue weighted by Crippen LogP contribution is -2.11. The topological polar surface area (TPSA) is 21.3 Å². The highest BCUT2D eigenvalue weighted by atomic mass is 19.1. The first kappa shape index (κ1) is 12.4. The fraction of sp³-hybridized carbons (Fsp3) is 0.143. The van der Waals surface area contributed by atoms with Crippen molar-refractivity contribution in [1.82, 2.24) is 0 Å². The third-order valence-electron chi connectivity index (χ3n) is 2.36. The van der Waals surface area contributed by atoms with E-state index in [1.807, 2.05) is 0 Å². The summed E-state index contributed by atoms with van der Waals surface area (Å²) in [7, 11) is 0. The van der Waals surface area contributed by atoms with E-state index in [2.05, 4.69) is 5.32 Å². The fourth-order valence-corrected chi connectivity index (χ4v) is 1.46. The summed E-state index contributed by atoms with van der Waals surface area (Å²) >= 11 is 0. The highest BCUT2D eigenvalue weighted by molar-refractivity contribution is 5.42. The highest BCUT2D eigenvalue weighted by Gasteiger charge is 1.95. The van der Waals surface area contributed by atoms with Crippen LogP contribution in [0.15, 0.2) is 48.5 Å². The van der Waals surface area contributed by atoms with E-state index in [-0.39, 0.29) is 11.6 Å². The van der Waals surface area contributed by atoms with E-state index < -0.39 is 0 Å². The molecule has 0 saturated carbocycles. The summed E-state index contributed by atoms with van der Waals surface area (Å²) in [6, 6.07) is 12.0. The van der Waals surface area contributed by atoms with Gasteiger partial charge in [-0.1, -0.05) is 0 Å². The van der Waals surface area contributed by atoms with Gasteiger partial charge in [-0.05, 0) is 48.5 Å². The molecule has 18 heavy (non-hydrogen) atoms. The number of benzene rings is 2. The second-order valence-corrected chi connectivity index (χ2v) is 3.74. The van der Waals surface area contributed by atoms with E-state index in [0.717, 1.165) is 5.69 Å². The molecule has 0 bridgehead atoms. The van der Waals surface area contributed by atoms with E-state index in [1.165, 1.54) is 24.3 Å². The van der Waals surface area contributed by atoms with E-state index in [9.17, 15) is 8.78 Å². The number of anilines is 1. The molecule has 0 heterocycles. The third-order valence-corrected chi connectivity index (χ3v) is 2.36. The molecule has 0 unspecified atom stereocenters. The van der Waals surface area contributed by atoms with Gasteiger partial charge in [0.1, 0.15) is 24.0 Å². The average Bonchev–Trinajstić information content (AvgIpc) is 2.39. The second kappa shape index (κ2) is 6.00. The summed E-state index contributed by atoms with van der Waals surface area (Å²) in [4.78, 5) is 0. The van der Waals surface area contributed by atoms with Crippen LogP contribution in [-0.2, 0) is 0 Å². The summed E-state index contributed by atoms with van der Waals surface area (Å²) < 4.78 is 30.7. The van der Waals surface area contributed by atoms with Crippen molar-refractivity contribution in [3.63, 3.8) is 0 Å². The molecule has 0 radical (unpaired) electrons. The van der Waals surface area contributed by atoms with Crippen LogP contribution in [0.1, 0.15) is 0 Å². The van der Waals surface area contributed by atoms with E-state index >= 15 is 0 Å². The Morgan fingerprint density at radius 2 is 1.39 bits per heavy atom. The smallest absolute Gasteiger partial charge is 0.123 e. The van der Waals surface area contributed by atoms with Crippen molar-refractivity contribution in [2.45, 2.75) is 0 Å². The number of nitrogens with one attached hydrogen (secondary N) is 1.